The first-order chi connectivity index (χ1) is 18.4. The number of benzene rings is 3. The van der Waals surface area contributed by atoms with Crippen molar-refractivity contribution in [3.8, 4) is 39.8 Å². The molecule has 0 atom stereocenters. The first-order valence-corrected chi connectivity index (χ1v) is 12.6. The fraction of sp³-hybridized carbons (Fsp3) is 0.179. The summed E-state index contributed by atoms with van der Waals surface area (Å²) in [5.74, 6) is 1.35. The zero-order chi connectivity index (χ0) is 27.1. The molecule has 194 valence electrons. The van der Waals surface area contributed by atoms with E-state index in [4.69, 9.17) is 19.2 Å². The average Bonchev–Trinajstić information content (AvgIpc) is 2.95. The molecule has 10 heteroatoms. The van der Waals surface area contributed by atoms with E-state index in [1.807, 2.05) is 48.5 Å². The van der Waals surface area contributed by atoms with Crippen LogP contribution >= 0.6 is 11.8 Å². The van der Waals surface area contributed by atoms with E-state index in [2.05, 4.69) is 15.5 Å². The van der Waals surface area contributed by atoms with Crippen LogP contribution in [0.5, 0.6) is 17.2 Å². The molecule has 0 saturated heterocycles. The number of rotatable bonds is 10. The molecule has 1 N–H and O–H groups in total. The molecule has 0 aliphatic carbocycles. The number of Topliss-reactive ketones (excluding diaryl/α,β-unsaturated/α-hetero) is 1. The number of nitrogens with one attached hydrogen (secondary N) is 1. The number of hydrogen-bond acceptors (Lipinski definition) is 9. The van der Waals surface area contributed by atoms with Gasteiger partial charge in [0.25, 0.3) is 0 Å². The van der Waals surface area contributed by atoms with Gasteiger partial charge in [-0.25, -0.2) is 4.98 Å². The number of aromatic nitrogens is 3. The Hall–Kier alpha value is -4.44. The number of para-hydroxylation sites is 2. The Morgan fingerprint density at radius 2 is 1.39 bits per heavy atom. The third kappa shape index (κ3) is 5.92. The Labute approximate surface area is 224 Å². The molecule has 3 aromatic carbocycles. The molecule has 4 rings (SSSR count). The molecule has 1 heterocycles. The van der Waals surface area contributed by atoms with Crippen molar-refractivity contribution >= 4 is 29.1 Å². The summed E-state index contributed by atoms with van der Waals surface area (Å²) in [7, 11) is 4.68. The number of ketones is 1. The van der Waals surface area contributed by atoms with Gasteiger partial charge in [-0.1, -0.05) is 36.0 Å². The lowest BCUT2D eigenvalue weighted by molar-refractivity contribution is -0.114. The van der Waals surface area contributed by atoms with Crippen molar-refractivity contribution in [2.75, 3.05) is 32.4 Å². The molecule has 0 aliphatic rings. The van der Waals surface area contributed by atoms with Gasteiger partial charge in [0, 0.05) is 23.6 Å². The third-order valence-corrected chi connectivity index (χ3v) is 6.39. The summed E-state index contributed by atoms with van der Waals surface area (Å²) < 4.78 is 16.4. The minimum Gasteiger partial charge on any atom is -0.496 e. The molecule has 0 radical (unpaired) electrons. The molecule has 1 amide bonds. The molecule has 0 saturated carbocycles. The van der Waals surface area contributed by atoms with E-state index in [0.717, 1.165) is 22.9 Å². The maximum Gasteiger partial charge on any atom is 0.221 e. The SMILES string of the molecule is COc1ccc(C(=O)CSc2nnc(-c3ccccc3OC)c(-c3ccccc3OC)n2)cc1NC(C)=O. The van der Waals surface area contributed by atoms with Crippen LogP contribution in [0.15, 0.2) is 71.9 Å². The number of amides is 1. The number of carbonyl (C=O) groups excluding carboxylic acids is 2. The first kappa shape index (κ1) is 26.6. The van der Waals surface area contributed by atoms with Crippen LogP contribution in [-0.4, -0.2) is 54.0 Å². The van der Waals surface area contributed by atoms with Crippen LogP contribution in [0, 0.1) is 0 Å². The summed E-state index contributed by atoms with van der Waals surface area (Å²) in [6.45, 7) is 1.39. The number of nitrogens with zero attached hydrogens (tertiary/aromatic N) is 3. The molecule has 4 aromatic rings. The quantitative estimate of drug-likeness (QED) is 0.219. The average molecular weight is 531 g/mol. The van der Waals surface area contributed by atoms with Crippen LogP contribution in [0.4, 0.5) is 5.69 Å². The number of carbonyl (C=O) groups is 2. The fourth-order valence-electron chi connectivity index (χ4n) is 3.80. The highest BCUT2D eigenvalue weighted by Crippen LogP contribution is 2.38. The molecular formula is C28H26N4O5S. The summed E-state index contributed by atoms with van der Waals surface area (Å²) >= 11 is 1.16. The number of anilines is 1. The molecule has 0 spiro atoms. The van der Waals surface area contributed by atoms with Crippen molar-refractivity contribution in [3.63, 3.8) is 0 Å². The van der Waals surface area contributed by atoms with E-state index in [9.17, 15) is 9.59 Å². The summed E-state index contributed by atoms with van der Waals surface area (Å²) in [5, 5.41) is 11.8. The summed E-state index contributed by atoms with van der Waals surface area (Å²) in [6, 6.07) is 19.9. The highest BCUT2D eigenvalue weighted by Gasteiger charge is 2.20. The van der Waals surface area contributed by atoms with Crippen molar-refractivity contribution < 1.29 is 23.8 Å². The van der Waals surface area contributed by atoms with Crippen molar-refractivity contribution in [1.82, 2.24) is 15.2 Å². The van der Waals surface area contributed by atoms with Gasteiger partial charge in [-0.05, 0) is 42.5 Å². The van der Waals surface area contributed by atoms with Crippen LogP contribution in [-0.2, 0) is 4.79 Å². The highest BCUT2D eigenvalue weighted by molar-refractivity contribution is 7.99. The zero-order valence-electron chi connectivity index (χ0n) is 21.3. The third-order valence-electron chi connectivity index (χ3n) is 5.56. The van der Waals surface area contributed by atoms with Crippen LogP contribution in [0.3, 0.4) is 0 Å². The molecule has 0 bridgehead atoms. The molecular weight excluding hydrogens is 504 g/mol. The predicted octanol–water partition coefficient (Wildman–Crippen LogP) is 5.16. The fourth-order valence-corrected chi connectivity index (χ4v) is 4.49. The standard InChI is InChI=1S/C28H26N4O5S/c1-17(33)29-21-15-18(13-14-25(21)37-4)22(34)16-38-28-30-26(19-9-5-7-11-23(19)35-2)27(31-32-28)20-10-6-8-12-24(20)36-3/h5-15H,16H2,1-4H3,(H,29,33). The number of hydrogen-bond donors (Lipinski definition) is 1. The van der Waals surface area contributed by atoms with Crippen molar-refractivity contribution in [1.29, 1.82) is 0 Å². The Morgan fingerprint density at radius 1 is 0.789 bits per heavy atom. The number of ether oxygens (including phenoxy) is 3. The molecule has 0 aliphatic heterocycles. The summed E-state index contributed by atoms with van der Waals surface area (Å²) in [5.41, 5.74) is 3.38. The monoisotopic (exact) mass is 530 g/mol. The smallest absolute Gasteiger partial charge is 0.221 e. The maximum atomic E-state index is 13.0. The minimum atomic E-state index is -0.263. The van der Waals surface area contributed by atoms with Crippen LogP contribution < -0.4 is 19.5 Å². The van der Waals surface area contributed by atoms with Gasteiger partial charge < -0.3 is 19.5 Å². The van der Waals surface area contributed by atoms with E-state index in [0.29, 0.717) is 45.0 Å². The number of methoxy groups -OCH3 is 3. The first-order valence-electron chi connectivity index (χ1n) is 11.6. The van der Waals surface area contributed by atoms with Crippen LogP contribution in [0.2, 0.25) is 0 Å². The lowest BCUT2D eigenvalue weighted by Crippen LogP contribution is -2.10. The van der Waals surface area contributed by atoms with Gasteiger partial charge in [0.15, 0.2) is 5.78 Å². The summed E-state index contributed by atoms with van der Waals surface area (Å²) in [4.78, 5) is 29.3. The van der Waals surface area contributed by atoms with Gasteiger partial charge in [-0.15, -0.1) is 10.2 Å². The number of thioether (sulfide) groups is 1. The van der Waals surface area contributed by atoms with Crippen molar-refractivity contribution in [2.24, 2.45) is 0 Å². The second kappa shape index (κ2) is 12.2. The molecule has 0 unspecified atom stereocenters. The van der Waals surface area contributed by atoms with E-state index in [1.54, 1.807) is 32.4 Å². The molecule has 0 fully saturated rings. The van der Waals surface area contributed by atoms with E-state index >= 15 is 0 Å². The van der Waals surface area contributed by atoms with Gasteiger partial charge in [0.05, 0.1) is 32.8 Å². The normalized spacial score (nSPS) is 10.5. The van der Waals surface area contributed by atoms with Crippen LogP contribution in [0.1, 0.15) is 17.3 Å². The Morgan fingerprint density at radius 3 is 2.00 bits per heavy atom. The largest absolute Gasteiger partial charge is 0.496 e. The van der Waals surface area contributed by atoms with Crippen molar-refractivity contribution in [3.05, 3.63) is 72.3 Å². The van der Waals surface area contributed by atoms with E-state index in [-0.39, 0.29) is 17.4 Å². The van der Waals surface area contributed by atoms with Gasteiger partial charge in [-0.3, -0.25) is 9.59 Å². The molecule has 1 aromatic heterocycles. The summed E-state index contributed by atoms with van der Waals surface area (Å²) in [6.07, 6.45) is 0. The lowest BCUT2D eigenvalue weighted by Gasteiger charge is -2.14. The van der Waals surface area contributed by atoms with Crippen molar-refractivity contribution in [2.45, 2.75) is 12.1 Å². The van der Waals surface area contributed by atoms with Gasteiger partial charge in [0.1, 0.15) is 28.6 Å². The predicted molar refractivity (Wildman–Crippen MR) is 146 cm³/mol. The zero-order valence-corrected chi connectivity index (χ0v) is 22.2. The van der Waals surface area contributed by atoms with Gasteiger partial charge >= 0.3 is 0 Å². The van der Waals surface area contributed by atoms with Gasteiger partial charge in [-0.2, -0.15) is 0 Å². The highest BCUT2D eigenvalue weighted by atomic mass is 32.2. The van der Waals surface area contributed by atoms with Gasteiger partial charge in [0.2, 0.25) is 11.1 Å². The molecule has 9 nitrogen and oxygen atoms in total. The second-order valence-electron chi connectivity index (χ2n) is 8.00. The lowest BCUT2D eigenvalue weighted by atomic mass is 10.0. The van der Waals surface area contributed by atoms with Crippen LogP contribution in [0.25, 0.3) is 22.5 Å². The van der Waals surface area contributed by atoms with E-state index in [1.165, 1.54) is 14.0 Å². The molecule has 38 heavy (non-hydrogen) atoms. The Kier molecular flexibility index (Phi) is 8.55. The maximum absolute atomic E-state index is 13.0. The second-order valence-corrected chi connectivity index (χ2v) is 8.94. The Balaban J connectivity index is 1.67. The Bertz CT molecular complexity index is 1480. The van der Waals surface area contributed by atoms with E-state index < -0.39 is 0 Å². The minimum absolute atomic E-state index is 0.0624. The topological polar surface area (TPSA) is 113 Å².